The lowest BCUT2D eigenvalue weighted by molar-refractivity contribution is 0.175. The number of amides is 1. The minimum atomic E-state index is -3.13. The third kappa shape index (κ3) is 3.23. The van der Waals surface area contributed by atoms with E-state index >= 15 is 0 Å². The Balaban J connectivity index is 1.71. The Hall–Kier alpha value is -1.74. The Kier molecular flexibility index (Phi) is 4.25. The average molecular weight is 354 g/mol. The van der Waals surface area contributed by atoms with Crippen molar-refractivity contribution in [3.8, 4) is 0 Å². The Labute approximate surface area is 141 Å². The van der Waals surface area contributed by atoms with Gasteiger partial charge in [-0.15, -0.1) is 0 Å². The summed E-state index contributed by atoms with van der Waals surface area (Å²) in [7, 11) is -3.13. The number of nitrogens with zero attached hydrogens (tertiary/aromatic N) is 4. The van der Waals surface area contributed by atoms with E-state index in [1.54, 1.807) is 12.4 Å². The first-order chi connectivity index (χ1) is 11.2. The smallest absolute Gasteiger partial charge is 0.416 e. The van der Waals surface area contributed by atoms with Gasteiger partial charge in [-0.3, -0.25) is 9.88 Å². The van der Waals surface area contributed by atoms with Gasteiger partial charge in [-0.1, -0.05) is 0 Å². The van der Waals surface area contributed by atoms with Crippen LogP contribution in [0.2, 0.25) is 0 Å². The SMILES string of the molecule is CC1(C)COC(=O)N1c1cnc(C2CCN(S(C)(=O)=O)CC2)cn1. The monoisotopic (exact) mass is 354 g/mol. The first kappa shape index (κ1) is 17.1. The molecule has 2 fully saturated rings. The molecule has 0 unspecified atom stereocenters. The third-order valence-corrected chi connectivity index (χ3v) is 5.87. The summed E-state index contributed by atoms with van der Waals surface area (Å²) in [5.41, 5.74) is 0.381. The first-order valence-electron chi connectivity index (χ1n) is 7.92. The molecule has 1 aromatic heterocycles. The highest BCUT2D eigenvalue weighted by atomic mass is 32.2. The molecule has 3 heterocycles. The molecule has 3 rings (SSSR count). The summed E-state index contributed by atoms with van der Waals surface area (Å²) in [4.78, 5) is 22.2. The van der Waals surface area contributed by atoms with Crippen LogP contribution in [-0.2, 0) is 14.8 Å². The lowest BCUT2D eigenvalue weighted by Crippen LogP contribution is -2.42. The fraction of sp³-hybridized carbons (Fsp3) is 0.667. The Bertz CT molecular complexity index is 724. The summed E-state index contributed by atoms with van der Waals surface area (Å²) in [5, 5.41) is 0. The zero-order valence-corrected chi connectivity index (χ0v) is 14.9. The molecule has 0 spiro atoms. The number of hydrogen-bond acceptors (Lipinski definition) is 6. The molecular formula is C15H22N4O4S. The molecule has 0 aromatic carbocycles. The molecule has 2 saturated heterocycles. The van der Waals surface area contributed by atoms with Crippen molar-refractivity contribution in [2.24, 2.45) is 0 Å². The third-order valence-electron chi connectivity index (χ3n) is 4.57. The summed E-state index contributed by atoms with van der Waals surface area (Å²) in [6, 6.07) is 0. The van der Waals surface area contributed by atoms with Crippen LogP contribution in [0.1, 0.15) is 38.3 Å². The molecule has 0 bridgehead atoms. The van der Waals surface area contributed by atoms with E-state index in [2.05, 4.69) is 9.97 Å². The lowest BCUT2D eigenvalue weighted by atomic mass is 9.95. The van der Waals surface area contributed by atoms with Crippen molar-refractivity contribution in [2.45, 2.75) is 38.1 Å². The number of ether oxygens (including phenoxy) is 1. The fourth-order valence-corrected chi connectivity index (χ4v) is 4.03. The van der Waals surface area contributed by atoms with Gasteiger partial charge < -0.3 is 4.74 Å². The van der Waals surface area contributed by atoms with Crippen LogP contribution >= 0.6 is 0 Å². The molecule has 2 aliphatic rings. The van der Waals surface area contributed by atoms with E-state index in [0.717, 1.165) is 18.5 Å². The molecule has 0 saturated carbocycles. The van der Waals surface area contributed by atoms with E-state index in [1.165, 1.54) is 15.5 Å². The van der Waals surface area contributed by atoms with Gasteiger partial charge >= 0.3 is 6.09 Å². The van der Waals surface area contributed by atoms with Gasteiger partial charge in [0.25, 0.3) is 0 Å². The number of cyclic esters (lactones) is 1. The molecule has 24 heavy (non-hydrogen) atoms. The van der Waals surface area contributed by atoms with E-state index < -0.39 is 21.7 Å². The molecular weight excluding hydrogens is 332 g/mol. The second-order valence-corrected chi connectivity index (χ2v) is 8.92. The van der Waals surface area contributed by atoms with Gasteiger partial charge in [0.15, 0.2) is 5.82 Å². The zero-order valence-electron chi connectivity index (χ0n) is 14.1. The molecule has 132 valence electrons. The molecule has 9 heteroatoms. The highest BCUT2D eigenvalue weighted by Crippen LogP contribution is 2.31. The lowest BCUT2D eigenvalue weighted by Gasteiger charge is -2.30. The molecule has 1 aromatic rings. The molecule has 1 amide bonds. The van der Waals surface area contributed by atoms with Crippen LogP contribution in [0.25, 0.3) is 0 Å². The van der Waals surface area contributed by atoms with E-state index in [0.29, 0.717) is 25.5 Å². The van der Waals surface area contributed by atoms with Crippen molar-refractivity contribution < 1.29 is 17.9 Å². The second-order valence-electron chi connectivity index (χ2n) is 6.94. The number of carbonyl (C=O) groups is 1. The number of hydrogen-bond donors (Lipinski definition) is 0. The van der Waals surface area contributed by atoms with Gasteiger partial charge in [0.1, 0.15) is 6.61 Å². The first-order valence-corrected chi connectivity index (χ1v) is 9.77. The van der Waals surface area contributed by atoms with Crippen LogP contribution in [0.3, 0.4) is 0 Å². The summed E-state index contributed by atoms with van der Waals surface area (Å²) < 4.78 is 29.7. The highest BCUT2D eigenvalue weighted by molar-refractivity contribution is 7.88. The van der Waals surface area contributed by atoms with Gasteiger partial charge in [0.2, 0.25) is 10.0 Å². The number of anilines is 1. The number of rotatable bonds is 3. The summed E-state index contributed by atoms with van der Waals surface area (Å²) >= 11 is 0. The van der Waals surface area contributed by atoms with Crippen LogP contribution in [0, 0.1) is 0 Å². The summed E-state index contributed by atoms with van der Waals surface area (Å²) in [6.45, 7) is 5.14. The van der Waals surface area contributed by atoms with Crippen molar-refractivity contribution in [3.05, 3.63) is 18.1 Å². The number of aromatic nitrogens is 2. The van der Waals surface area contributed by atoms with Crippen LogP contribution < -0.4 is 4.90 Å². The van der Waals surface area contributed by atoms with Gasteiger partial charge in [-0.2, -0.15) is 0 Å². The van der Waals surface area contributed by atoms with Crippen LogP contribution in [0.4, 0.5) is 10.6 Å². The van der Waals surface area contributed by atoms with Crippen molar-refractivity contribution in [3.63, 3.8) is 0 Å². The summed E-state index contributed by atoms with van der Waals surface area (Å²) in [5.74, 6) is 0.655. The molecule has 0 radical (unpaired) electrons. The Morgan fingerprint density at radius 1 is 1.21 bits per heavy atom. The van der Waals surface area contributed by atoms with Crippen LogP contribution in [0.5, 0.6) is 0 Å². The maximum atomic E-state index is 11.9. The molecule has 0 atom stereocenters. The van der Waals surface area contributed by atoms with Gasteiger partial charge in [-0.05, 0) is 26.7 Å². The Morgan fingerprint density at radius 3 is 2.33 bits per heavy atom. The van der Waals surface area contributed by atoms with Gasteiger partial charge in [0, 0.05) is 19.0 Å². The minimum Gasteiger partial charge on any atom is -0.447 e. The van der Waals surface area contributed by atoms with Crippen molar-refractivity contribution in [1.29, 1.82) is 0 Å². The average Bonchev–Trinajstić information content (AvgIpc) is 2.80. The quantitative estimate of drug-likeness (QED) is 0.813. The highest BCUT2D eigenvalue weighted by Gasteiger charge is 2.42. The fourth-order valence-electron chi connectivity index (χ4n) is 3.16. The number of carbonyl (C=O) groups excluding carboxylic acids is 1. The maximum absolute atomic E-state index is 11.9. The Morgan fingerprint density at radius 2 is 1.88 bits per heavy atom. The topological polar surface area (TPSA) is 92.7 Å². The van der Waals surface area contributed by atoms with Crippen molar-refractivity contribution in [2.75, 3.05) is 30.9 Å². The van der Waals surface area contributed by atoms with Crippen LogP contribution in [0.15, 0.2) is 12.4 Å². The maximum Gasteiger partial charge on any atom is 0.416 e. The standard InChI is InChI=1S/C15H22N4O4S/c1-15(2)10-23-14(20)19(15)13-9-16-12(8-17-13)11-4-6-18(7-5-11)24(3,21)22/h8-9,11H,4-7,10H2,1-3H3. The molecule has 0 N–H and O–H groups in total. The van der Waals surface area contributed by atoms with Crippen molar-refractivity contribution >= 4 is 21.9 Å². The number of piperidine rings is 1. The van der Waals surface area contributed by atoms with Gasteiger partial charge in [-0.25, -0.2) is 22.5 Å². The molecule has 8 nitrogen and oxygen atoms in total. The second kappa shape index (κ2) is 5.96. The zero-order chi connectivity index (χ0) is 17.5. The predicted molar refractivity (Wildman–Crippen MR) is 88.3 cm³/mol. The van der Waals surface area contributed by atoms with Crippen LogP contribution in [-0.4, -0.2) is 60.3 Å². The van der Waals surface area contributed by atoms with E-state index in [1.807, 2.05) is 13.8 Å². The minimum absolute atomic E-state index is 0.183. The van der Waals surface area contributed by atoms with Gasteiger partial charge in [0.05, 0.1) is 29.9 Å². The molecule has 0 aliphatic carbocycles. The van der Waals surface area contributed by atoms with Crippen molar-refractivity contribution in [1.82, 2.24) is 14.3 Å². The predicted octanol–water partition coefficient (Wildman–Crippen LogP) is 1.35. The largest absolute Gasteiger partial charge is 0.447 e. The molecule has 2 aliphatic heterocycles. The normalized spacial score (nSPS) is 22.6. The van der Waals surface area contributed by atoms with E-state index in [-0.39, 0.29) is 5.92 Å². The number of sulfonamides is 1. The summed E-state index contributed by atoms with van der Waals surface area (Å²) in [6.07, 6.45) is 5.53. The van der Waals surface area contributed by atoms with E-state index in [9.17, 15) is 13.2 Å². The van der Waals surface area contributed by atoms with E-state index in [4.69, 9.17) is 4.74 Å².